The molecule has 1 aromatic heterocycles. The van der Waals surface area contributed by atoms with Crippen molar-refractivity contribution in [3.63, 3.8) is 0 Å². The van der Waals surface area contributed by atoms with Crippen LogP contribution in [0.4, 0.5) is 0 Å². The van der Waals surface area contributed by atoms with Crippen molar-refractivity contribution in [3.8, 4) is 6.07 Å². The number of nitrogens with zero attached hydrogens (tertiary/aromatic N) is 1. The van der Waals surface area contributed by atoms with Crippen molar-refractivity contribution < 1.29 is 9.90 Å². The molecule has 0 amide bonds. The average molecular weight is 164 g/mol. The van der Waals surface area contributed by atoms with Gasteiger partial charge in [-0.05, 0) is 13.8 Å². The van der Waals surface area contributed by atoms with E-state index in [0.29, 0.717) is 11.4 Å². The summed E-state index contributed by atoms with van der Waals surface area (Å²) in [5.41, 5.74) is 1.43. The molecule has 2 N–H and O–H groups in total. The van der Waals surface area contributed by atoms with Crippen LogP contribution in [-0.4, -0.2) is 16.1 Å². The second kappa shape index (κ2) is 2.70. The Bertz CT molecular complexity index is 371. The Labute approximate surface area is 69.4 Å². The molecule has 0 aliphatic rings. The molecule has 4 heteroatoms. The third-order valence-electron chi connectivity index (χ3n) is 1.70. The van der Waals surface area contributed by atoms with Crippen molar-refractivity contribution in [2.75, 3.05) is 0 Å². The van der Waals surface area contributed by atoms with Crippen LogP contribution in [0.1, 0.15) is 27.3 Å². The van der Waals surface area contributed by atoms with Gasteiger partial charge in [-0.3, -0.25) is 0 Å². The van der Waals surface area contributed by atoms with Crippen LogP contribution in [0.3, 0.4) is 0 Å². The summed E-state index contributed by atoms with van der Waals surface area (Å²) in [6, 6.07) is 1.85. The molecule has 4 nitrogen and oxygen atoms in total. The Morgan fingerprint density at radius 1 is 1.50 bits per heavy atom. The van der Waals surface area contributed by atoms with E-state index >= 15 is 0 Å². The highest BCUT2D eigenvalue weighted by Gasteiger charge is 2.17. The first kappa shape index (κ1) is 8.34. The van der Waals surface area contributed by atoms with E-state index in [-0.39, 0.29) is 11.1 Å². The first-order valence-corrected chi connectivity index (χ1v) is 3.40. The van der Waals surface area contributed by atoms with Crippen LogP contribution in [0.15, 0.2) is 0 Å². The van der Waals surface area contributed by atoms with Gasteiger partial charge in [0.15, 0.2) is 0 Å². The molecule has 0 spiro atoms. The average Bonchev–Trinajstić information content (AvgIpc) is 2.24. The van der Waals surface area contributed by atoms with Crippen LogP contribution in [0.2, 0.25) is 0 Å². The van der Waals surface area contributed by atoms with E-state index < -0.39 is 5.97 Å². The van der Waals surface area contributed by atoms with Gasteiger partial charge in [0.2, 0.25) is 0 Å². The number of hydrogen-bond donors (Lipinski definition) is 2. The monoisotopic (exact) mass is 164 g/mol. The lowest BCUT2D eigenvalue weighted by atomic mass is 10.1. The minimum absolute atomic E-state index is 0.0787. The topological polar surface area (TPSA) is 76.9 Å². The third kappa shape index (κ3) is 1.05. The molecule has 0 atom stereocenters. The van der Waals surface area contributed by atoms with Gasteiger partial charge >= 0.3 is 5.97 Å². The second-order valence-corrected chi connectivity index (χ2v) is 2.54. The van der Waals surface area contributed by atoms with Crippen molar-refractivity contribution in [2.24, 2.45) is 0 Å². The molecule has 1 heterocycles. The van der Waals surface area contributed by atoms with Crippen LogP contribution in [-0.2, 0) is 0 Å². The maximum Gasteiger partial charge on any atom is 0.338 e. The molecule has 0 unspecified atom stereocenters. The lowest BCUT2D eigenvalue weighted by molar-refractivity contribution is 0.0696. The van der Waals surface area contributed by atoms with Gasteiger partial charge in [0, 0.05) is 11.4 Å². The summed E-state index contributed by atoms with van der Waals surface area (Å²) in [6.07, 6.45) is 0. The maximum absolute atomic E-state index is 10.6. The largest absolute Gasteiger partial charge is 0.478 e. The lowest BCUT2D eigenvalue weighted by Crippen LogP contribution is -1.99. The number of carboxylic acids is 1. The number of carbonyl (C=O) groups is 1. The number of carboxylic acid groups (broad SMARTS) is 1. The fourth-order valence-corrected chi connectivity index (χ4v) is 1.19. The van der Waals surface area contributed by atoms with Gasteiger partial charge in [0.1, 0.15) is 6.07 Å². The van der Waals surface area contributed by atoms with Crippen LogP contribution in [0.25, 0.3) is 0 Å². The highest BCUT2D eigenvalue weighted by molar-refractivity contribution is 5.92. The third-order valence-corrected chi connectivity index (χ3v) is 1.70. The Kier molecular flexibility index (Phi) is 1.88. The van der Waals surface area contributed by atoms with Crippen molar-refractivity contribution >= 4 is 5.97 Å². The summed E-state index contributed by atoms with van der Waals surface area (Å²) in [5, 5.41) is 17.3. The Morgan fingerprint density at radius 3 is 2.42 bits per heavy atom. The van der Waals surface area contributed by atoms with Gasteiger partial charge in [-0.25, -0.2) is 4.79 Å². The molecule has 0 saturated carbocycles. The van der Waals surface area contributed by atoms with Gasteiger partial charge in [-0.1, -0.05) is 0 Å². The Balaban J connectivity index is 3.45. The molecule has 12 heavy (non-hydrogen) atoms. The summed E-state index contributed by atoms with van der Waals surface area (Å²) >= 11 is 0. The molecule has 1 aromatic rings. The van der Waals surface area contributed by atoms with Gasteiger partial charge in [-0.2, -0.15) is 5.26 Å². The molecule has 0 radical (unpaired) electrons. The molecule has 62 valence electrons. The number of rotatable bonds is 1. The predicted octanol–water partition coefficient (Wildman–Crippen LogP) is 1.20. The highest BCUT2D eigenvalue weighted by atomic mass is 16.4. The fourth-order valence-electron chi connectivity index (χ4n) is 1.19. The second-order valence-electron chi connectivity index (χ2n) is 2.54. The van der Waals surface area contributed by atoms with Gasteiger partial charge in [0.25, 0.3) is 0 Å². The number of aromatic nitrogens is 1. The predicted molar refractivity (Wildman–Crippen MR) is 41.9 cm³/mol. The van der Waals surface area contributed by atoms with Crippen molar-refractivity contribution in [1.82, 2.24) is 4.98 Å². The molecule has 1 rings (SSSR count). The van der Waals surface area contributed by atoms with Crippen LogP contribution >= 0.6 is 0 Å². The zero-order chi connectivity index (χ0) is 9.30. The molecule has 0 aliphatic carbocycles. The maximum atomic E-state index is 10.6. The van der Waals surface area contributed by atoms with Crippen LogP contribution in [0, 0.1) is 25.2 Å². The number of aryl methyl sites for hydroxylation is 2. The van der Waals surface area contributed by atoms with E-state index in [9.17, 15) is 4.79 Å². The molecule has 0 aromatic carbocycles. The summed E-state index contributed by atoms with van der Waals surface area (Å²) in [5.74, 6) is -1.06. The number of H-pyrrole nitrogens is 1. The normalized spacial score (nSPS) is 9.42. The smallest absolute Gasteiger partial charge is 0.338 e. The summed E-state index contributed by atoms with van der Waals surface area (Å²) in [4.78, 5) is 13.4. The van der Waals surface area contributed by atoms with E-state index in [1.54, 1.807) is 13.8 Å². The SMILES string of the molecule is Cc1[nH]c(C)c(C(=O)O)c1C#N. The van der Waals surface area contributed by atoms with Crippen LogP contribution in [0.5, 0.6) is 0 Å². The standard InChI is InChI=1S/C8H8N2O2/c1-4-6(3-9)7(8(11)12)5(2)10-4/h10H,1-2H3,(H,11,12). The number of nitriles is 1. The van der Waals surface area contributed by atoms with E-state index in [1.165, 1.54) is 0 Å². The first-order valence-electron chi connectivity index (χ1n) is 3.40. The molecule has 0 saturated heterocycles. The van der Waals surface area contributed by atoms with E-state index in [4.69, 9.17) is 10.4 Å². The zero-order valence-corrected chi connectivity index (χ0v) is 6.80. The molecule has 0 bridgehead atoms. The summed E-state index contributed by atoms with van der Waals surface area (Å²) in [7, 11) is 0. The number of hydrogen-bond acceptors (Lipinski definition) is 2. The Hall–Kier alpha value is -1.76. The van der Waals surface area contributed by atoms with Gasteiger partial charge in [-0.15, -0.1) is 0 Å². The van der Waals surface area contributed by atoms with Crippen molar-refractivity contribution in [2.45, 2.75) is 13.8 Å². The minimum Gasteiger partial charge on any atom is -0.478 e. The van der Waals surface area contributed by atoms with Crippen LogP contribution < -0.4 is 0 Å². The van der Waals surface area contributed by atoms with Gasteiger partial charge < -0.3 is 10.1 Å². The fraction of sp³-hybridized carbons (Fsp3) is 0.250. The molecule has 0 aliphatic heterocycles. The number of aromatic carboxylic acids is 1. The Morgan fingerprint density at radius 2 is 2.08 bits per heavy atom. The lowest BCUT2D eigenvalue weighted by Gasteiger charge is -1.90. The zero-order valence-electron chi connectivity index (χ0n) is 6.80. The summed E-state index contributed by atoms with van der Waals surface area (Å²) < 4.78 is 0. The highest BCUT2D eigenvalue weighted by Crippen LogP contribution is 2.16. The molecule has 0 fully saturated rings. The van der Waals surface area contributed by atoms with Crippen molar-refractivity contribution in [3.05, 3.63) is 22.5 Å². The summed E-state index contributed by atoms with van der Waals surface area (Å²) in [6.45, 7) is 3.31. The quantitative estimate of drug-likeness (QED) is 0.654. The van der Waals surface area contributed by atoms with Gasteiger partial charge in [0.05, 0.1) is 11.1 Å². The first-order chi connectivity index (χ1) is 5.57. The van der Waals surface area contributed by atoms with Crippen molar-refractivity contribution in [1.29, 1.82) is 5.26 Å². The minimum atomic E-state index is -1.06. The van der Waals surface area contributed by atoms with E-state index in [0.717, 1.165) is 0 Å². The molecular formula is C8H8N2O2. The van der Waals surface area contributed by atoms with E-state index in [1.807, 2.05) is 6.07 Å². The van der Waals surface area contributed by atoms with E-state index in [2.05, 4.69) is 4.98 Å². The number of aromatic amines is 1. The molecular weight excluding hydrogens is 156 g/mol. The number of nitrogens with one attached hydrogen (secondary N) is 1.